The first-order valence-corrected chi connectivity index (χ1v) is 11.8. The summed E-state index contributed by atoms with van der Waals surface area (Å²) in [6.45, 7) is 1.18. The molecule has 3 amide bonds. The maximum atomic E-state index is 15.3. The highest BCUT2D eigenvalue weighted by molar-refractivity contribution is 6.34. The number of halogens is 3. The first-order chi connectivity index (χ1) is 17.6. The van der Waals surface area contributed by atoms with E-state index in [1.54, 1.807) is 41.2 Å². The lowest BCUT2D eigenvalue weighted by Crippen LogP contribution is -2.35. The molecule has 0 unspecified atom stereocenters. The SMILES string of the molecule is CNC(=O)CNC(=O)/C=C1/c2ccccc2N(C(=O)c2ccc(-n3ccc(C)n3)cc2Cl)CCC1(F)F. The van der Waals surface area contributed by atoms with Crippen molar-refractivity contribution < 1.29 is 23.2 Å². The van der Waals surface area contributed by atoms with Crippen LogP contribution in [-0.2, 0) is 9.59 Å². The number of hydrogen-bond donors (Lipinski definition) is 2. The van der Waals surface area contributed by atoms with Gasteiger partial charge in [-0.15, -0.1) is 0 Å². The standard InChI is InChI=1S/C26H24ClF2N5O3/c1-16-9-11-34(32-16)17-7-8-19(21(27)13-17)25(37)33-12-10-26(28,29)20(18-5-3-4-6-22(18)33)14-23(35)31-15-24(36)30-2/h3-9,11,13-14H,10,12,15H2,1-2H3,(H,30,36)(H,31,35)/b20-14-. The molecule has 3 aromatic rings. The lowest BCUT2D eigenvalue weighted by atomic mass is 9.97. The minimum atomic E-state index is -3.42. The highest BCUT2D eigenvalue weighted by atomic mass is 35.5. The number of rotatable bonds is 5. The number of amides is 3. The Bertz CT molecular complexity index is 1400. The Balaban J connectivity index is 1.69. The average molecular weight is 528 g/mol. The molecule has 2 N–H and O–H groups in total. The molecule has 2 aromatic carbocycles. The summed E-state index contributed by atoms with van der Waals surface area (Å²) in [5.41, 5.74) is 1.31. The van der Waals surface area contributed by atoms with Crippen LogP contribution in [0.25, 0.3) is 11.3 Å². The zero-order chi connectivity index (χ0) is 26.7. The van der Waals surface area contributed by atoms with Crippen molar-refractivity contribution in [2.75, 3.05) is 25.0 Å². The van der Waals surface area contributed by atoms with Crippen molar-refractivity contribution in [3.63, 3.8) is 0 Å². The van der Waals surface area contributed by atoms with Gasteiger partial charge in [-0.3, -0.25) is 14.4 Å². The van der Waals surface area contributed by atoms with E-state index < -0.39 is 35.6 Å². The van der Waals surface area contributed by atoms with Crippen LogP contribution in [0.4, 0.5) is 14.5 Å². The van der Waals surface area contributed by atoms with Crippen molar-refractivity contribution >= 4 is 40.6 Å². The Morgan fingerprint density at radius 2 is 1.92 bits per heavy atom. The molecule has 0 radical (unpaired) electrons. The molecule has 1 aromatic heterocycles. The first kappa shape index (κ1) is 26.0. The predicted molar refractivity (Wildman–Crippen MR) is 136 cm³/mol. The van der Waals surface area contributed by atoms with Crippen molar-refractivity contribution in [2.24, 2.45) is 0 Å². The van der Waals surface area contributed by atoms with Gasteiger partial charge in [0.1, 0.15) is 0 Å². The van der Waals surface area contributed by atoms with Gasteiger partial charge in [-0.25, -0.2) is 13.5 Å². The molecular weight excluding hydrogens is 504 g/mol. The van der Waals surface area contributed by atoms with Crippen molar-refractivity contribution in [1.82, 2.24) is 20.4 Å². The maximum absolute atomic E-state index is 15.3. The van der Waals surface area contributed by atoms with E-state index in [2.05, 4.69) is 15.7 Å². The fourth-order valence-electron chi connectivity index (χ4n) is 4.00. The van der Waals surface area contributed by atoms with Crippen LogP contribution in [-0.4, -0.2) is 53.6 Å². The molecule has 4 rings (SSSR count). The minimum absolute atomic E-state index is 0.0354. The summed E-state index contributed by atoms with van der Waals surface area (Å²) in [5, 5.41) is 9.10. The fourth-order valence-corrected chi connectivity index (χ4v) is 4.25. The number of para-hydroxylation sites is 1. The van der Waals surface area contributed by atoms with E-state index in [0.717, 1.165) is 11.8 Å². The summed E-state index contributed by atoms with van der Waals surface area (Å²) in [5.74, 6) is -5.29. The normalized spacial score (nSPS) is 15.6. The van der Waals surface area contributed by atoms with Crippen molar-refractivity contribution in [3.05, 3.63) is 82.6 Å². The average Bonchev–Trinajstić information content (AvgIpc) is 3.27. The Hall–Kier alpha value is -4.05. The molecule has 2 heterocycles. The van der Waals surface area contributed by atoms with E-state index in [1.165, 1.54) is 24.1 Å². The molecule has 37 heavy (non-hydrogen) atoms. The number of likely N-dealkylation sites (N-methyl/N-ethyl adjacent to an activating group) is 1. The molecule has 0 aliphatic carbocycles. The summed E-state index contributed by atoms with van der Waals surface area (Å²) < 4.78 is 32.2. The minimum Gasteiger partial charge on any atom is -0.358 e. The monoisotopic (exact) mass is 527 g/mol. The highest BCUT2D eigenvalue weighted by Gasteiger charge is 2.41. The lowest BCUT2D eigenvalue weighted by Gasteiger charge is -2.23. The Kier molecular flexibility index (Phi) is 7.40. The second-order valence-corrected chi connectivity index (χ2v) is 8.85. The van der Waals surface area contributed by atoms with Gasteiger partial charge in [0.2, 0.25) is 11.8 Å². The zero-order valence-electron chi connectivity index (χ0n) is 20.1. The molecule has 0 saturated carbocycles. The van der Waals surface area contributed by atoms with Gasteiger partial charge >= 0.3 is 0 Å². The third-order valence-electron chi connectivity index (χ3n) is 5.92. The summed E-state index contributed by atoms with van der Waals surface area (Å²) in [6, 6.07) is 12.8. The smallest absolute Gasteiger partial charge is 0.275 e. The molecular formula is C26H24ClF2N5O3. The molecule has 1 aliphatic heterocycles. The summed E-state index contributed by atoms with van der Waals surface area (Å²) in [6.07, 6.45) is 1.82. The van der Waals surface area contributed by atoms with Gasteiger partial charge in [0.15, 0.2) is 0 Å². The molecule has 192 valence electrons. The van der Waals surface area contributed by atoms with E-state index >= 15 is 8.78 Å². The van der Waals surface area contributed by atoms with Crippen LogP contribution >= 0.6 is 11.6 Å². The Morgan fingerprint density at radius 3 is 2.59 bits per heavy atom. The van der Waals surface area contributed by atoms with Gasteiger partial charge in [-0.2, -0.15) is 5.10 Å². The second kappa shape index (κ2) is 10.5. The third-order valence-corrected chi connectivity index (χ3v) is 6.23. The molecule has 0 atom stereocenters. The van der Waals surface area contributed by atoms with E-state index in [4.69, 9.17) is 11.6 Å². The maximum Gasteiger partial charge on any atom is 0.275 e. The fraction of sp³-hybridized carbons (Fsp3) is 0.231. The van der Waals surface area contributed by atoms with E-state index in [9.17, 15) is 14.4 Å². The van der Waals surface area contributed by atoms with Crippen molar-refractivity contribution in [1.29, 1.82) is 0 Å². The molecule has 0 saturated heterocycles. The van der Waals surface area contributed by atoms with Gasteiger partial charge in [0, 0.05) is 43.4 Å². The summed E-state index contributed by atoms with van der Waals surface area (Å²) in [4.78, 5) is 38.6. The summed E-state index contributed by atoms with van der Waals surface area (Å²) >= 11 is 6.46. The molecule has 0 fully saturated rings. The zero-order valence-corrected chi connectivity index (χ0v) is 20.9. The predicted octanol–water partition coefficient (Wildman–Crippen LogP) is 3.77. The van der Waals surface area contributed by atoms with Crippen LogP contribution in [0, 0.1) is 6.92 Å². The number of hydrogen-bond acceptors (Lipinski definition) is 4. The van der Waals surface area contributed by atoms with E-state index in [0.29, 0.717) is 5.69 Å². The number of allylic oxidation sites excluding steroid dienone is 1. The summed E-state index contributed by atoms with van der Waals surface area (Å²) in [7, 11) is 1.40. The van der Waals surface area contributed by atoms with Crippen LogP contribution in [0.3, 0.4) is 0 Å². The van der Waals surface area contributed by atoms with Gasteiger partial charge in [-0.05, 0) is 37.3 Å². The van der Waals surface area contributed by atoms with Crippen LogP contribution < -0.4 is 15.5 Å². The number of alkyl halides is 2. The van der Waals surface area contributed by atoms with Crippen LogP contribution in [0.2, 0.25) is 5.02 Å². The lowest BCUT2D eigenvalue weighted by molar-refractivity contribution is -0.123. The highest BCUT2D eigenvalue weighted by Crippen LogP contribution is 2.43. The largest absolute Gasteiger partial charge is 0.358 e. The number of carbonyl (C=O) groups excluding carboxylic acids is 3. The van der Waals surface area contributed by atoms with Crippen molar-refractivity contribution in [3.8, 4) is 5.69 Å². The second-order valence-electron chi connectivity index (χ2n) is 8.44. The van der Waals surface area contributed by atoms with Gasteiger partial charge in [0.05, 0.1) is 34.2 Å². The molecule has 8 nitrogen and oxygen atoms in total. The van der Waals surface area contributed by atoms with Crippen LogP contribution in [0.15, 0.2) is 60.8 Å². The van der Waals surface area contributed by atoms with E-state index in [1.807, 2.05) is 13.0 Å². The number of nitrogens with zero attached hydrogens (tertiary/aromatic N) is 3. The molecule has 1 aliphatic rings. The quantitative estimate of drug-likeness (QED) is 0.494. The van der Waals surface area contributed by atoms with E-state index in [-0.39, 0.29) is 34.9 Å². The topological polar surface area (TPSA) is 96.3 Å². The molecule has 0 spiro atoms. The van der Waals surface area contributed by atoms with Gasteiger partial charge in [0.25, 0.3) is 11.8 Å². The van der Waals surface area contributed by atoms with Crippen molar-refractivity contribution in [2.45, 2.75) is 19.3 Å². The Morgan fingerprint density at radius 1 is 1.16 bits per heavy atom. The number of fused-ring (bicyclic) bond motifs is 1. The number of nitrogens with one attached hydrogen (secondary N) is 2. The van der Waals surface area contributed by atoms with Gasteiger partial charge < -0.3 is 15.5 Å². The van der Waals surface area contributed by atoms with Crippen LogP contribution in [0.1, 0.15) is 28.0 Å². The number of benzene rings is 2. The molecule has 11 heteroatoms. The number of anilines is 1. The van der Waals surface area contributed by atoms with Gasteiger partial charge in [-0.1, -0.05) is 29.8 Å². The number of aryl methyl sites for hydroxylation is 1. The number of carbonyl (C=O) groups is 3. The van der Waals surface area contributed by atoms with Crippen LogP contribution in [0.5, 0.6) is 0 Å². The number of aromatic nitrogens is 2. The third kappa shape index (κ3) is 5.54. The molecule has 0 bridgehead atoms. The Labute approximate surface area is 216 Å². The first-order valence-electron chi connectivity index (χ1n) is 11.4.